The van der Waals surface area contributed by atoms with Crippen LogP contribution in [0, 0.1) is 10.1 Å². The van der Waals surface area contributed by atoms with Gasteiger partial charge in [-0.3, -0.25) is 24.5 Å². The van der Waals surface area contributed by atoms with Crippen LogP contribution < -0.4 is 15.4 Å². The molecule has 0 saturated heterocycles. The second kappa shape index (κ2) is 11.1. The largest absolute Gasteiger partial charge is 0.489 e. The number of amides is 2. The first-order chi connectivity index (χ1) is 14.4. The Morgan fingerprint density at radius 3 is 2.43 bits per heavy atom. The van der Waals surface area contributed by atoms with Gasteiger partial charge >= 0.3 is 5.97 Å². The number of carbonyl (C=O) groups is 3. The van der Waals surface area contributed by atoms with Crippen LogP contribution in [0.3, 0.4) is 0 Å². The van der Waals surface area contributed by atoms with Crippen molar-refractivity contribution >= 4 is 23.5 Å². The summed E-state index contributed by atoms with van der Waals surface area (Å²) in [6.07, 6.45) is 0. The van der Waals surface area contributed by atoms with Gasteiger partial charge in [-0.05, 0) is 25.1 Å². The predicted molar refractivity (Wildman–Crippen MR) is 106 cm³/mol. The highest BCUT2D eigenvalue weighted by atomic mass is 16.6. The van der Waals surface area contributed by atoms with Crippen molar-refractivity contribution in [2.45, 2.75) is 13.5 Å². The van der Waals surface area contributed by atoms with Crippen LogP contribution in [0.25, 0.3) is 0 Å². The van der Waals surface area contributed by atoms with Gasteiger partial charge in [0.05, 0.1) is 23.6 Å². The maximum atomic E-state index is 12.5. The van der Waals surface area contributed by atoms with Gasteiger partial charge in [0, 0.05) is 17.7 Å². The fourth-order valence-corrected chi connectivity index (χ4v) is 2.39. The summed E-state index contributed by atoms with van der Waals surface area (Å²) in [5.74, 6) is -1.32. The van der Waals surface area contributed by atoms with E-state index >= 15 is 0 Å². The quantitative estimate of drug-likeness (QED) is 0.341. The molecule has 2 rings (SSSR count). The molecule has 0 atom stereocenters. The van der Waals surface area contributed by atoms with Gasteiger partial charge in [0.2, 0.25) is 5.91 Å². The Kier molecular flexibility index (Phi) is 8.30. The second-order valence-corrected chi connectivity index (χ2v) is 5.96. The van der Waals surface area contributed by atoms with Crippen molar-refractivity contribution in [1.29, 1.82) is 0 Å². The number of nitro groups is 1. The predicted octanol–water partition coefficient (Wildman–Crippen LogP) is 1.58. The molecule has 2 aromatic carbocycles. The van der Waals surface area contributed by atoms with E-state index in [-0.39, 0.29) is 31.0 Å². The van der Waals surface area contributed by atoms with Crippen LogP contribution in [-0.4, -0.2) is 42.4 Å². The van der Waals surface area contributed by atoms with E-state index in [0.29, 0.717) is 11.3 Å². The Morgan fingerprint density at radius 2 is 1.77 bits per heavy atom. The molecule has 0 aromatic heterocycles. The standard InChI is InChI=1S/C20H21N3O7/c1-2-29-19(25)12-21-18(24)11-22-20(26)17-10-15(23(27)28)9-8-14(17)13-30-16-6-4-3-5-7-16/h3-10H,2,11-13H2,1H3,(H,21,24)(H,22,26). The van der Waals surface area contributed by atoms with Gasteiger partial charge in [0.1, 0.15) is 18.9 Å². The maximum Gasteiger partial charge on any atom is 0.325 e. The second-order valence-electron chi connectivity index (χ2n) is 5.96. The van der Waals surface area contributed by atoms with Crippen LogP contribution in [0.1, 0.15) is 22.8 Å². The van der Waals surface area contributed by atoms with Crippen molar-refractivity contribution in [2.24, 2.45) is 0 Å². The Morgan fingerprint density at radius 1 is 1.03 bits per heavy atom. The summed E-state index contributed by atoms with van der Waals surface area (Å²) in [5.41, 5.74) is 0.155. The van der Waals surface area contributed by atoms with Gasteiger partial charge in [-0.2, -0.15) is 0 Å². The molecule has 0 heterocycles. The van der Waals surface area contributed by atoms with E-state index < -0.39 is 29.3 Å². The van der Waals surface area contributed by atoms with Crippen molar-refractivity contribution in [3.8, 4) is 5.75 Å². The van der Waals surface area contributed by atoms with Crippen LogP contribution in [0.2, 0.25) is 0 Å². The lowest BCUT2D eigenvalue weighted by molar-refractivity contribution is -0.384. The zero-order valence-electron chi connectivity index (χ0n) is 16.3. The van der Waals surface area contributed by atoms with Crippen LogP contribution in [0.4, 0.5) is 5.69 Å². The lowest BCUT2D eigenvalue weighted by Crippen LogP contribution is -2.39. The van der Waals surface area contributed by atoms with Crippen LogP contribution in [-0.2, 0) is 20.9 Å². The Balaban J connectivity index is 2.04. The molecule has 2 amide bonds. The van der Waals surface area contributed by atoms with Crippen molar-refractivity contribution in [2.75, 3.05) is 19.7 Å². The Labute approximate surface area is 172 Å². The number of nitrogens with zero attached hydrogens (tertiary/aromatic N) is 1. The third-order valence-electron chi connectivity index (χ3n) is 3.83. The number of para-hydroxylation sites is 1. The van der Waals surface area contributed by atoms with E-state index in [9.17, 15) is 24.5 Å². The zero-order valence-corrected chi connectivity index (χ0v) is 16.3. The minimum atomic E-state index is -0.684. The minimum Gasteiger partial charge on any atom is -0.489 e. The average Bonchev–Trinajstić information content (AvgIpc) is 2.75. The topological polar surface area (TPSA) is 137 Å². The molecule has 0 spiro atoms. The summed E-state index contributed by atoms with van der Waals surface area (Å²) in [7, 11) is 0. The summed E-state index contributed by atoms with van der Waals surface area (Å²) >= 11 is 0. The van der Waals surface area contributed by atoms with E-state index in [1.807, 2.05) is 6.07 Å². The summed E-state index contributed by atoms with van der Waals surface area (Å²) in [5, 5.41) is 15.8. The summed E-state index contributed by atoms with van der Waals surface area (Å²) in [6, 6.07) is 12.7. The van der Waals surface area contributed by atoms with Crippen LogP contribution in [0.15, 0.2) is 48.5 Å². The summed E-state index contributed by atoms with van der Waals surface area (Å²) < 4.78 is 10.3. The molecule has 0 bridgehead atoms. The molecule has 0 radical (unpaired) electrons. The zero-order chi connectivity index (χ0) is 21.9. The van der Waals surface area contributed by atoms with Crippen molar-refractivity contribution in [3.63, 3.8) is 0 Å². The smallest absolute Gasteiger partial charge is 0.325 e. The van der Waals surface area contributed by atoms with E-state index in [0.717, 1.165) is 6.07 Å². The van der Waals surface area contributed by atoms with E-state index in [1.165, 1.54) is 12.1 Å². The van der Waals surface area contributed by atoms with Gasteiger partial charge in [-0.25, -0.2) is 0 Å². The fourth-order valence-electron chi connectivity index (χ4n) is 2.39. The van der Waals surface area contributed by atoms with Crippen molar-refractivity contribution in [1.82, 2.24) is 10.6 Å². The van der Waals surface area contributed by atoms with Crippen LogP contribution in [0.5, 0.6) is 5.75 Å². The van der Waals surface area contributed by atoms with Gasteiger partial charge < -0.3 is 20.1 Å². The number of carbonyl (C=O) groups excluding carboxylic acids is 3. The SMILES string of the molecule is CCOC(=O)CNC(=O)CNC(=O)c1cc([N+](=O)[O-])ccc1COc1ccccc1. The number of ether oxygens (including phenoxy) is 2. The molecule has 2 N–H and O–H groups in total. The highest BCUT2D eigenvalue weighted by molar-refractivity contribution is 5.98. The van der Waals surface area contributed by atoms with Crippen molar-refractivity contribution < 1.29 is 28.8 Å². The third kappa shape index (κ3) is 6.89. The van der Waals surface area contributed by atoms with E-state index in [1.54, 1.807) is 31.2 Å². The Bertz CT molecular complexity index is 916. The molecule has 0 aliphatic rings. The number of non-ortho nitro benzene ring substituents is 1. The number of nitrogens with one attached hydrogen (secondary N) is 2. The molecule has 0 aliphatic heterocycles. The first-order valence-electron chi connectivity index (χ1n) is 9.06. The number of benzene rings is 2. The third-order valence-corrected chi connectivity index (χ3v) is 3.83. The molecule has 10 heteroatoms. The molecule has 30 heavy (non-hydrogen) atoms. The van der Waals surface area contributed by atoms with Gasteiger partial charge in [0.25, 0.3) is 11.6 Å². The first kappa shape index (κ1) is 22.3. The normalized spacial score (nSPS) is 10.0. The fraction of sp³-hybridized carbons (Fsp3) is 0.250. The molecule has 158 valence electrons. The first-order valence-corrected chi connectivity index (χ1v) is 9.06. The highest BCUT2D eigenvalue weighted by Crippen LogP contribution is 2.20. The molecule has 0 unspecified atom stereocenters. The molecule has 10 nitrogen and oxygen atoms in total. The Hall–Kier alpha value is -3.95. The maximum absolute atomic E-state index is 12.5. The lowest BCUT2D eigenvalue weighted by Gasteiger charge is -2.12. The summed E-state index contributed by atoms with van der Waals surface area (Å²) in [4.78, 5) is 46.0. The minimum absolute atomic E-state index is 0.000183. The number of nitro benzene ring substituents is 1. The number of hydrogen-bond donors (Lipinski definition) is 2. The van der Waals surface area contributed by atoms with Gasteiger partial charge in [0.15, 0.2) is 0 Å². The molecule has 0 saturated carbocycles. The van der Waals surface area contributed by atoms with Crippen LogP contribution >= 0.6 is 0 Å². The van der Waals surface area contributed by atoms with E-state index in [4.69, 9.17) is 4.74 Å². The molecular formula is C20H21N3O7. The number of rotatable bonds is 10. The van der Waals surface area contributed by atoms with Crippen molar-refractivity contribution in [3.05, 3.63) is 69.8 Å². The molecule has 2 aromatic rings. The monoisotopic (exact) mass is 415 g/mol. The lowest BCUT2D eigenvalue weighted by atomic mass is 10.1. The molecular weight excluding hydrogens is 394 g/mol. The highest BCUT2D eigenvalue weighted by Gasteiger charge is 2.18. The van der Waals surface area contributed by atoms with Gasteiger partial charge in [-0.15, -0.1) is 0 Å². The van der Waals surface area contributed by atoms with Gasteiger partial charge in [-0.1, -0.05) is 18.2 Å². The molecule has 0 aliphatic carbocycles. The molecule has 0 fully saturated rings. The average molecular weight is 415 g/mol. The number of hydrogen-bond acceptors (Lipinski definition) is 7. The summed E-state index contributed by atoms with van der Waals surface area (Å²) in [6.45, 7) is 1.08. The number of esters is 1. The van der Waals surface area contributed by atoms with E-state index in [2.05, 4.69) is 15.4 Å².